The second-order valence-electron chi connectivity index (χ2n) is 6.72. The first-order valence-corrected chi connectivity index (χ1v) is 8.91. The van der Waals surface area contributed by atoms with Crippen molar-refractivity contribution in [3.05, 3.63) is 53.3 Å². The summed E-state index contributed by atoms with van der Waals surface area (Å²) in [7, 11) is 3.31. The summed E-state index contributed by atoms with van der Waals surface area (Å²) in [6, 6.07) is 12.1. The molecule has 2 heterocycles. The second kappa shape index (κ2) is 6.92. The normalized spacial score (nSPS) is 14.4. The molecule has 0 fully saturated rings. The predicted molar refractivity (Wildman–Crippen MR) is 103 cm³/mol. The molecule has 0 saturated carbocycles. The van der Waals surface area contributed by atoms with Crippen molar-refractivity contribution >= 4 is 16.7 Å². The zero-order chi connectivity index (χ0) is 18.1. The third-order valence-corrected chi connectivity index (χ3v) is 5.12. The molecule has 3 aromatic rings. The highest BCUT2D eigenvalue weighted by Gasteiger charge is 2.23. The molecule has 1 aromatic heterocycles. The quantitative estimate of drug-likeness (QED) is 0.711. The van der Waals surface area contributed by atoms with Gasteiger partial charge in [-0.05, 0) is 36.6 Å². The lowest BCUT2D eigenvalue weighted by atomic mass is 10.0. The van der Waals surface area contributed by atoms with Crippen LogP contribution in [0.5, 0.6) is 11.5 Å². The van der Waals surface area contributed by atoms with E-state index in [-0.39, 0.29) is 0 Å². The van der Waals surface area contributed by atoms with Crippen LogP contribution >= 0.6 is 0 Å². The molecule has 0 spiro atoms. The molecule has 5 nitrogen and oxygen atoms in total. The topological polar surface area (TPSA) is 60.9 Å². The zero-order valence-electron chi connectivity index (χ0n) is 15.2. The number of ether oxygens (including phenoxy) is 2. The molecule has 26 heavy (non-hydrogen) atoms. The van der Waals surface area contributed by atoms with Gasteiger partial charge in [-0.3, -0.25) is 4.90 Å². The Labute approximate surface area is 153 Å². The fourth-order valence-electron chi connectivity index (χ4n) is 3.64. The Hall–Kier alpha value is -2.66. The van der Waals surface area contributed by atoms with Crippen LogP contribution in [0, 0.1) is 0 Å². The molecule has 5 heteroatoms. The molecule has 2 aromatic carbocycles. The molecule has 1 aliphatic heterocycles. The molecule has 4 rings (SSSR count). The minimum absolute atomic E-state index is 0.700. The molecule has 0 saturated heterocycles. The Morgan fingerprint density at radius 3 is 2.54 bits per heavy atom. The third kappa shape index (κ3) is 3.10. The number of furan rings is 1. The van der Waals surface area contributed by atoms with E-state index in [1.165, 1.54) is 11.1 Å². The van der Waals surface area contributed by atoms with Gasteiger partial charge in [0.05, 0.1) is 20.8 Å². The SMILES string of the molecule is COc1cc2oc3c(c2cc1OC)CCN(CCc1ccc(N)cc1)C3. The van der Waals surface area contributed by atoms with Gasteiger partial charge in [-0.1, -0.05) is 12.1 Å². The average Bonchev–Trinajstić information content (AvgIpc) is 3.02. The van der Waals surface area contributed by atoms with Crippen molar-refractivity contribution in [3.8, 4) is 11.5 Å². The van der Waals surface area contributed by atoms with Gasteiger partial charge >= 0.3 is 0 Å². The van der Waals surface area contributed by atoms with Crippen LogP contribution in [-0.4, -0.2) is 32.2 Å². The molecule has 0 amide bonds. The second-order valence-corrected chi connectivity index (χ2v) is 6.72. The van der Waals surface area contributed by atoms with Crippen molar-refractivity contribution in [2.75, 3.05) is 33.0 Å². The van der Waals surface area contributed by atoms with E-state index < -0.39 is 0 Å². The Balaban J connectivity index is 1.52. The van der Waals surface area contributed by atoms with E-state index in [2.05, 4.69) is 17.0 Å². The van der Waals surface area contributed by atoms with Gasteiger partial charge in [-0.15, -0.1) is 0 Å². The van der Waals surface area contributed by atoms with Crippen LogP contribution in [0.15, 0.2) is 40.8 Å². The summed E-state index contributed by atoms with van der Waals surface area (Å²) in [5, 5.41) is 1.14. The van der Waals surface area contributed by atoms with Gasteiger partial charge in [-0.25, -0.2) is 0 Å². The van der Waals surface area contributed by atoms with Gasteiger partial charge < -0.3 is 19.6 Å². The van der Waals surface area contributed by atoms with E-state index in [9.17, 15) is 0 Å². The maximum absolute atomic E-state index is 6.14. The van der Waals surface area contributed by atoms with Crippen molar-refractivity contribution in [2.45, 2.75) is 19.4 Å². The van der Waals surface area contributed by atoms with Gasteiger partial charge in [-0.2, -0.15) is 0 Å². The van der Waals surface area contributed by atoms with Crippen molar-refractivity contribution in [2.24, 2.45) is 0 Å². The summed E-state index contributed by atoms with van der Waals surface area (Å²) >= 11 is 0. The summed E-state index contributed by atoms with van der Waals surface area (Å²) in [4.78, 5) is 2.44. The third-order valence-electron chi connectivity index (χ3n) is 5.12. The Morgan fingerprint density at radius 1 is 1.08 bits per heavy atom. The Morgan fingerprint density at radius 2 is 1.81 bits per heavy atom. The fraction of sp³-hybridized carbons (Fsp3) is 0.333. The van der Waals surface area contributed by atoms with E-state index in [1.54, 1.807) is 14.2 Å². The van der Waals surface area contributed by atoms with Crippen LogP contribution in [0.25, 0.3) is 11.0 Å². The largest absolute Gasteiger partial charge is 0.493 e. The highest BCUT2D eigenvalue weighted by atomic mass is 16.5. The minimum Gasteiger partial charge on any atom is -0.493 e. The number of nitrogens with two attached hydrogens (primary N) is 1. The van der Waals surface area contributed by atoms with Gasteiger partial charge in [0.2, 0.25) is 0 Å². The monoisotopic (exact) mass is 352 g/mol. The maximum atomic E-state index is 6.14. The van der Waals surface area contributed by atoms with E-state index >= 15 is 0 Å². The van der Waals surface area contributed by atoms with Gasteiger partial charge in [0.1, 0.15) is 11.3 Å². The number of rotatable bonds is 5. The summed E-state index contributed by atoms with van der Waals surface area (Å²) in [5.41, 5.74) is 10.0. The molecule has 0 unspecified atom stereocenters. The number of hydrogen-bond acceptors (Lipinski definition) is 5. The van der Waals surface area contributed by atoms with E-state index in [0.29, 0.717) is 5.75 Å². The maximum Gasteiger partial charge on any atom is 0.164 e. The molecular formula is C21H24N2O3. The fourth-order valence-corrected chi connectivity index (χ4v) is 3.64. The van der Waals surface area contributed by atoms with Crippen LogP contribution in [0.3, 0.4) is 0 Å². The Bertz CT molecular complexity index is 915. The summed E-state index contributed by atoms with van der Waals surface area (Å²) in [6.45, 7) is 2.88. The molecule has 1 aliphatic rings. The van der Waals surface area contributed by atoms with Gasteiger partial charge in [0.15, 0.2) is 11.5 Å². The standard InChI is InChI=1S/C21H24N2O3/c1-24-19-11-17-16-8-10-23(9-7-14-3-5-15(22)6-4-14)13-21(16)26-18(17)12-20(19)25-2/h3-6,11-12H,7-10,13,22H2,1-2H3. The lowest BCUT2D eigenvalue weighted by molar-refractivity contribution is 0.234. The number of hydrogen-bond donors (Lipinski definition) is 1. The van der Waals surface area contributed by atoms with E-state index in [0.717, 1.165) is 60.6 Å². The summed E-state index contributed by atoms with van der Waals surface area (Å²) < 4.78 is 17.0. The van der Waals surface area contributed by atoms with Crippen molar-refractivity contribution < 1.29 is 13.9 Å². The number of fused-ring (bicyclic) bond motifs is 3. The first-order chi connectivity index (χ1) is 12.7. The van der Waals surface area contributed by atoms with E-state index in [1.807, 2.05) is 24.3 Å². The van der Waals surface area contributed by atoms with Crippen LogP contribution in [0.1, 0.15) is 16.9 Å². The smallest absolute Gasteiger partial charge is 0.164 e. The number of benzene rings is 2. The summed E-state index contributed by atoms with van der Waals surface area (Å²) in [6.07, 6.45) is 2.00. The summed E-state index contributed by atoms with van der Waals surface area (Å²) in [5.74, 6) is 2.50. The molecule has 0 aliphatic carbocycles. The lowest BCUT2D eigenvalue weighted by Gasteiger charge is -2.25. The highest BCUT2D eigenvalue weighted by Crippen LogP contribution is 2.38. The van der Waals surface area contributed by atoms with Crippen LogP contribution in [0.4, 0.5) is 5.69 Å². The minimum atomic E-state index is 0.700. The number of anilines is 1. The van der Waals surface area contributed by atoms with Crippen molar-refractivity contribution in [3.63, 3.8) is 0 Å². The molecule has 0 bridgehead atoms. The molecule has 0 radical (unpaired) electrons. The highest BCUT2D eigenvalue weighted by molar-refractivity contribution is 5.86. The molecule has 136 valence electrons. The zero-order valence-corrected chi connectivity index (χ0v) is 15.2. The molecule has 2 N–H and O–H groups in total. The first kappa shape index (κ1) is 16.8. The lowest BCUT2D eigenvalue weighted by Crippen LogP contribution is -2.31. The molecular weight excluding hydrogens is 328 g/mol. The predicted octanol–water partition coefficient (Wildman–Crippen LogP) is 3.63. The number of methoxy groups -OCH3 is 2. The Kier molecular flexibility index (Phi) is 4.47. The van der Waals surface area contributed by atoms with Crippen molar-refractivity contribution in [1.82, 2.24) is 4.90 Å². The van der Waals surface area contributed by atoms with Crippen LogP contribution < -0.4 is 15.2 Å². The molecule has 0 atom stereocenters. The first-order valence-electron chi connectivity index (χ1n) is 8.91. The number of nitrogens with zero attached hydrogens (tertiary/aromatic N) is 1. The van der Waals surface area contributed by atoms with Gasteiger partial charge in [0, 0.05) is 35.8 Å². The average molecular weight is 352 g/mol. The van der Waals surface area contributed by atoms with Crippen LogP contribution in [0.2, 0.25) is 0 Å². The van der Waals surface area contributed by atoms with Crippen LogP contribution in [-0.2, 0) is 19.4 Å². The van der Waals surface area contributed by atoms with E-state index in [4.69, 9.17) is 19.6 Å². The number of nitrogen functional groups attached to an aromatic ring is 1. The van der Waals surface area contributed by atoms with Crippen molar-refractivity contribution in [1.29, 1.82) is 0 Å². The van der Waals surface area contributed by atoms with Gasteiger partial charge in [0.25, 0.3) is 0 Å².